The smallest absolute Gasteiger partial charge is 0.259 e. The number of benzene rings is 1. The lowest BCUT2D eigenvalue weighted by molar-refractivity contribution is -0.116. The number of hydrogen-bond acceptors (Lipinski definition) is 3. The first kappa shape index (κ1) is 15.5. The molecule has 0 unspecified atom stereocenters. The second kappa shape index (κ2) is 6.38. The van der Waals surface area contributed by atoms with Crippen LogP contribution in [-0.4, -0.2) is 10.5 Å². The van der Waals surface area contributed by atoms with Crippen molar-refractivity contribution in [3.8, 4) is 0 Å². The Morgan fingerprint density at radius 2 is 2.09 bits per heavy atom. The molecule has 3 rings (SSSR count). The number of aromatic nitrogens is 1. The minimum atomic E-state index is -0.206. The Kier molecular flexibility index (Phi) is 4.30. The zero-order valence-electron chi connectivity index (χ0n) is 13.1. The van der Waals surface area contributed by atoms with Gasteiger partial charge < -0.3 is 9.88 Å². The zero-order chi connectivity index (χ0) is 16.4. The number of carbonyl (C=O) groups is 1. The van der Waals surface area contributed by atoms with Gasteiger partial charge in [-0.1, -0.05) is 26.0 Å². The number of hydrogen-bond donors (Lipinski definition) is 1. The molecule has 1 amide bonds. The van der Waals surface area contributed by atoms with Crippen LogP contribution in [0, 0.1) is 0 Å². The van der Waals surface area contributed by atoms with Gasteiger partial charge in [-0.15, -0.1) is 11.3 Å². The van der Waals surface area contributed by atoms with Crippen LogP contribution in [-0.2, 0) is 11.3 Å². The van der Waals surface area contributed by atoms with Gasteiger partial charge in [-0.2, -0.15) is 0 Å². The summed E-state index contributed by atoms with van der Waals surface area (Å²) in [6.07, 6.45) is 1.67. The molecular weight excluding hydrogens is 308 g/mol. The minimum Gasteiger partial charge on any atom is -0.325 e. The lowest BCUT2D eigenvalue weighted by Gasteiger charge is -2.10. The van der Waals surface area contributed by atoms with Gasteiger partial charge in [0.1, 0.15) is 6.54 Å². The Labute approximate surface area is 138 Å². The summed E-state index contributed by atoms with van der Waals surface area (Å²) in [6.45, 7) is 4.23. The van der Waals surface area contributed by atoms with E-state index in [4.69, 9.17) is 0 Å². The van der Waals surface area contributed by atoms with Crippen LogP contribution in [0.25, 0.3) is 10.1 Å². The molecule has 0 aliphatic carbocycles. The Balaban J connectivity index is 1.77. The van der Waals surface area contributed by atoms with Crippen LogP contribution in [0.2, 0.25) is 0 Å². The highest BCUT2D eigenvalue weighted by Crippen LogP contribution is 2.19. The summed E-state index contributed by atoms with van der Waals surface area (Å²) >= 11 is 1.52. The first-order valence-corrected chi connectivity index (χ1v) is 8.39. The molecule has 0 radical (unpaired) electrons. The number of pyridine rings is 1. The van der Waals surface area contributed by atoms with Crippen molar-refractivity contribution in [3.05, 3.63) is 63.9 Å². The van der Waals surface area contributed by atoms with Gasteiger partial charge in [0, 0.05) is 16.6 Å². The fraction of sp³-hybridized carbons (Fsp3) is 0.222. The fourth-order valence-corrected chi connectivity index (χ4v) is 3.23. The van der Waals surface area contributed by atoms with Crippen molar-refractivity contribution in [1.82, 2.24) is 4.57 Å². The SMILES string of the molecule is CC(C)c1cccc(NC(=O)Cn2ccc3sccc3c2=O)c1. The summed E-state index contributed by atoms with van der Waals surface area (Å²) in [5.41, 5.74) is 1.79. The highest BCUT2D eigenvalue weighted by atomic mass is 32.1. The number of rotatable bonds is 4. The van der Waals surface area contributed by atoms with E-state index in [1.54, 1.807) is 12.3 Å². The lowest BCUT2D eigenvalue weighted by atomic mass is 10.0. The number of amides is 1. The molecule has 0 bridgehead atoms. The average molecular weight is 326 g/mol. The molecule has 4 nitrogen and oxygen atoms in total. The molecule has 1 N–H and O–H groups in total. The standard InChI is InChI=1S/C18H18N2O2S/c1-12(2)13-4-3-5-14(10-13)19-17(21)11-20-8-6-16-15(18(20)22)7-9-23-16/h3-10,12H,11H2,1-2H3,(H,19,21). The van der Waals surface area contributed by atoms with E-state index in [9.17, 15) is 9.59 Å². The summed E-state index contributed by atoms with van der Waals surface area (Å²) in [4.78, 5) is 24.5. The maximum Gasteiger partial charge on any atom is 0.259 e. The summed E-state index contributed by atoms with van der Waals surface area (Å²) in [5, 5.41) is 5.40. The third kappa shape index (κ3) is 3.35. The Bertz CT molecular complexity index is 909. The van der Waals surface area contributed by atoms with Crippen LogP contribution >= 0.6 is 11.3 Å². The monoisotopic (exact) mass is 326 g/mol. The van der Waals surface area contributed by atoms with E-state index in [1.165, 1.54) is 21.5 Å². The number of anilines is 1. The molecule has 2 aromatic heterocycles. The molecule has 118 valence electrons. The van der Waals surface area contributed by atoms with E-state index in [-0.39, 0.29) is 18.0 Å². The molecule has 0 aliphatic heterocycles. The first-order chi connectivity index (χ1) is 11.0. The molecule has 5 heteroatoms. The second-order valence-corrected chi connectivity index (χ2v) is 6.72. The first-order valence-electron chi connectivity index (χ1n) is 7.51. The molecule has 0 fully saturated rings. The third-order valence-electron chi connectivity index (χ3n) is 3.74. The van der Waals surface area contributed by atoms with Crippen LogP contribution in [0.4, 0.5) is 5.69 Å². The van der Waals surface area contributed by atoms with E-state index >= 15 is 0 Å². The molecule has 0 saturated carbocycles. The maximum absolute atomic E-state index is 12.3. The number of nitrogens with zero attached hydrogens (tertiary/aromatic N) is 1. The second-order valence-electron chi connectivity index (χ2n) is 5.78. The van der Waals surface area contributed by atoms with Gasteiger partial charge in [0.15, 0.2) is 0 Å². The summed E-state index contributed by atoms with van der Waals surface area (Å²) in [5.74, 6) is 0.193. The van der Waals surface area contributed by atoms with Crippen molar-refractivity contribution in [3.63, 3.8) is 0 Å². The Morgan fingerprint density at radius 1 is 1.26 bits per heavy atom. The van der Waals surface area contributed by atoms with Crippen molar-refractivity contribution < 1.29 is 4.79 Å². The predicted octanol–water partition coefficient (Wildman–Crippen LogP) is 3.83. The van der Waals surface area contributed by atoms with Crippen LogP contribution in [0.3, 0.4) is 0 Å². The number of thiophene rings is 1. The van der Waals surface area contributed by atoms with E-state index in [0.29, 0.717) is 11.3 Å². The normalized spacial score (nSPS) is 11.1. The van der Waals surface area contributed by atoms with E-state index in [0.717, 1.165) is 10.4 Å². The van der Waals surface area contributed by atoms with Gasteiger partial charge in [0.2, 0.25) is 5.91 Å². The topological polar surface area (TPSA) is 51.1 Å². The largest absolute Gasteiger partial charge is 0.325 e. The molecule has 3 aromatic rings. The number of carbonyl (C=O) groups excluding carboxylic acids is 1. The molecular formula is C18H18N2O2S. The van der Waals surface area contributed by atoms with E-state index < -0.39 is 0 Å². The molecule has 1 aromatic carbocycles. The Hall–Kier alpha value is -2.40. The zero-order valence-corrected chi connectivity index (χ0v) is 13.9. The van der Waals surface area contributed by atoms with Crippen molar-refractivity contribution >= 4 is 33.0 Å². The molecule has 2 heterocycles. The van der Waals surface area contributed by atoms with Gasteiger partial charge >= 0.3 is 0 Å². The summed E-state index contributed by atoms with van der Waals surface area (Å²) < 4.78 is 2.38. The Morgan fingerprint density at radius 3 is 2.87 bits per heavy atom. The molecule has 0 spiro atoms. The molecule has 23 heavy (non-hydrogen) atoms. The van der Waals surface area contributed by atoms with Gasteiger partial charge in [-0.05, 0) is 41.1 Å². The van der Waals surface area contributed by atoms with Gasteiger partial charge in [0.05, 0.1) is 5.39 Å². The molecule has 0 aliphatic rings. The van der Waals surface area contributed by atoms with Crippen LogP contribution in [0.1, 0.15) is 25.3 Å². The number of fused-ring (bicyclic) bond motifs is 1. The van der Waals surface area contributed by atoms with Crippen LogP contribution < -0.4 is 10.9 Å². The van der Waals surface area contributed by atoms with Gasteiger partial charge in [-0.25, -0.2) is 0 Å². The molecule has 0 atom stereocenters. The summed E-state index contributed by atoms with van der Waals surface area (Å²) in [6, 6.07) is 11.4. The van der Waals surface area contributed by atoms with Gasteiger partial charge in [0.25, 0.3) is 5.56 Å². The van der Waals surface area contributed by atoms with E-state index in [1.807, 2.05) is 35.7 Å². The minimum absolute atomic E-state index is 0.0104. The van der Waals surface area contributed by atoms with Crippen molar-refractivity contribution in [2.75, 3.05) is 5.32 Å². The number of nitrogens with one attached hydrogen (secondary N) is 1. The quantitative estimate of drug-likeness (QED) is 0.792. The highest BCUT2D eigenvalue weighted by Gasteiger charge is 2.09. The maximum atomic E-state index is 12.3. The van der Waals surface area contributed by atoms with Crippen LogP contribution in [0.5, 0.6) is 0 Å². The van der Waals surface area contributed by atoms with Crippen molar-refractivity contribution in [2.24, 2.45) is 0 Å². The lowest BCUT2D eigenvalue weighted by Crippen LogP contribution is -2.27. The fourth-order valence-electron chi connectivity index (χ4n) is 2.46. The third-order valence-corrected chi connectivity index (χ3v) is 4.63. The van der Waals surface area contributed by atoms with Gasteiger partial charge in [-0.3, -0.25) is 9.59 Å². The summed E-state index contributed by atoms with van der Waals surface area (Å²) in [7, 11) is 0. The van der Waals surface area contributed by atoms with Crippen molar-refractivity contribution in [2.45, 2.75) is 26.3 Å². The highest BCUT2D eigenvalue weighted by molar-refractivity contribution is 7.17. The average Bonchev–Trinajstić information content (AvgIpc) is 2.99. The van der Waals surface area contributed by atoms with Crippen molar-refractivity contribution in [1.29, 1.82) is 0 Å². The van der Waals surface area contributed by atoms with Crippen LogP contribution in [0.15, 0.2) is 52.8 Å². The van der Waals surface area contributed by atoms with E-state index in [2.05, 4.69) is 19.2 Å². The molecule has 0 saturated heterocycles. The predicted molar refractivity (Wildman–Crippen MR) is 95.2 cm³/mol.